The monoisotopic (exact) mass is 495 g/mol. The molecule has 1 amide bonds. The Bertz CT molecular complexity index is 1290. The van der Waals surface area contributed by atoms with Crippen LogP contribution in [0.2, 0.25) is 0 Å². The molecule has 0 radical (unpaired) electrons. The third-order valence-corrected chi connectivity index (χ3v) is 7.46. The number of aryl methyl sites for hydroxylation is 1. The average Bonchev–Trinajstić information content (AvgIpc) is 3.55. The van der Waals surface area contributed by atoms with Gasteiger partial charge in [-0.25, -0.2) is 0 Å². The summed E-state index contributed by atoms with van der Waals surface area (Å²) in [6.45, 7) is 1.87. The number of amides is 1. The fraction of sp³-hybridized carbons (Fsp3) is 0.304. The molecule has 0 spiro atoms. The lowest BCUT2D eigenvalue weighted by molar-refractivity contribution is -0.384. The number of nitrogens with zero attached hydrogens (tertiary/aromatic N) is 5. The molecule has 3 aromatic rings. The van der Waals surface area contributed by atoms with Crippen LogP contribution < -0.4 is 0 Å². The molecule has 0 unspecified atom stereocenters. The predicted octanol–water partition coefficient (Wildman–Crippen LogP) is 5.95. The number of hydrogen-bond donors (Lipinski definition) is 0. The first-order valence-corrected chi connectivity index (χ1v) is 12.6. The lowest BCUT2D eigenvalue weighted by atomic mass is 9.94. The molecule has 1 aromatic carbocycles. The Kier molecular flexibility index (Phi) is 6.29. The number of nitro groups is 1. The molecule has 1 saturated carbocycles. The molecule has 174 valence electrons. The molecule has 11 heteroatoms. The lowest BCUT2D eigenvalue weighted by Gasteiger charge is -2.30. The second kappa shape index (κ2) is 9.51. The number of aliphatic imine (C=N–C) groups is 1. The summed E-state index contributed by atoms with van der Waals surface area (Å²) in [7, 11) is 0. The van der Waals surface area contributed by atoms with E-state index in [1.165, 1.54) is 41.7 Å². The number of aromatic nitrogens is 2. The third kappa shape index (κ3) is 4.66. The van der Waals surface area contributed by atoms with Crippen LogP contribution in [0.3, 0.4) is 0 Å². The van der Waals surface area contributed by atoms with E-state index in [4.69, 9.17) is 4.42 Å². The highest BCUT2D eigenvalue weighted by Crippen LogP contribution is 2.39. The molecule has 1 aliphatic heterocycles. The Hall–Kier alpha value is -3.31. The topological polar surface area (TPSA) is 115 Å². The predicted molar refractivity (Wildman–Crippen MR) is 132 cm³/mol. The summed E-state index contributed by atoms with van der Waals surface area (Å²) in [4.78, 5) is 30.9. The van der Waals surface area contributed by atoms with Gasteiger partial charge in [0.15, 0.2) is 5.17 Å². The van der Waals surface area contributed by atoms with Crippen LogP contribution in [0, 0.1) is 17.0 Å². The van der Waals surface area contributed by atoms with E-state index in [2.05, 4.69) is 15.2 Å². The van der Waals surface area contributed by atoms with E-state index in [0.717, 1.165) is 36.3 Å². The number of furan rings is 1. The van der Waals surface area contributed by atoms with Crippen molar-refractivity contribution in [1.29, 1.82) is 0 Å². The Morgan fingerprint density at radius 3 is 2.59 bits per heavy atom. The van der Waals surface area contributed by atoms with Gasteiger partial charge in [-0.15, -0.1) is 10.2 Å². The van der Waals surface area contributed by atoms with Gasteiger partial charge in [-0.2, -0.15) is 4.99 Å². The van der Waals surface area contributed by atoms with Gasteiger partial charge in [0.25, 0.3) is 11.6 Å². The van der Waals surface area contributed by atoms with E-state index in [0.29, 0.717) is 26.7 Å². The SMILES string of the molecule is Cc1nnc(/N=C2/S/C(=C/c3ccc(-c4ccc([N+](=O)[O-])cc4)o3)C(=O)N2C2CCCCC2)s1. The highest BCUT2D eigenvalue weighted by atomic mass is 32.2. The summed E-state index contributed by atoms with van der Waals surface area (Å²) in [6.07, 6.45) is 7.03. The molecule has 5 rings (SSSR count). The Labute approximate surface area is 203 Å². The van der Waals surface area contributed by atoms with Crippen LogP contribution in [-0.4, -0.2) is 37.1 Å². The third-order valence-electron chi connectivity index (χ3n) is 5.75. The quantitative estimate of drug-likeness (QED) is 0.244. The minimum Gasteiger partial charge on any atom is -0.457 e. The zero-order valence-corrected chi connectivity index (χ0v) is 20.0. The normalized spacial score (nSPS) is 19.4. The second-order valence-electron chi connectivity index (χ2n) is 8.08. The first-order valence-electron chi connectivity index (χ1n) is 10.9. The smallest absolute Gasteiger partial charge is 0.269 e. The molecule has 1 aliphatic carbocycles. The van der Waals surface area contributed by atoms with Gasteiger partial charge in [0.1, 0.15) is 16.5 Å². The molecule has 2 fully saturated rings. The first-order chi connectivity index (χ1) is 16.5. The van der Waals surface area contributed by atoms with Gasteiger partial charge in [0.05, 0.1) is 9.83 Å². The molecule has 2 aromatic heterocycles. The number of non-ortho nitro benzene ring substituents is 1. The summed E-state index contributed by atoms with van der Waals surface area (Å²) >= 11 is 2.71. The van der Waals surface area contributed by atoms with E-state index in [1.807, 2.05) is 11.8 Å². The number of rotatable bonds is 5. The number of carbonyl (C=O) groups is 1. The highest BCUT2D eigenvalue weighted by Gasteiger charge is 2.39. The number of thioether (sulfide) groups is 1. The molecule has 0 bridgehead atoms. The van der Waals surface area contributed by atoms with Crippen molar-refractivity contribution in [3.63, 3.8) is 0 Å². The summed E-state index contributed by atoms with van der Waals surface area (Å²) in [5.74, 6) is 1.02. The van der Waals surface area contributed by atoms with Crippen LogP contribution in [0.5, 0.6) is 0 Å². The lowest BCUT2D eigenvalue weighted by Crippen LogP contribution is -2.40. The minimum atomic E-state index is -0.439. The Morgan fingerprint density at radius 2 is 1.91 bits per heavy atom. The first kappa shape index (κ1) is 22.5. The average molecular weight is 496 g/mol. The van der Waals surface area contributed by atoms with Crippen LogP contribution in [0.4, 0.5) is 10.8 Å². The fourth-order valence-corrected chi connectivity index (χ4v) is 5.74. The van der Waals surface area contributed by atoms with E-state index < -0.39 is 4.92 Å². The Morgan fingerprint density at radius 1 is 1.15 bits per heavy atom. The largest absolute Gasteiger partial charge is 0.457 e. The van der Waals surface area contributed by atoms with Crippen molar-refractivity contribution in [1.82, 2.24) is 15.1 Å². The van der Waals surface area contributed by atoms with Crippen LogP contribution in [0.25, 0.3) is 17.4 Å². The molecular formula is C23H21N5O4S2. The molecule has 9 nitrogen and oxygen atoms in total. The van der Waals surface area contributed by atoms with Crippen molar-refractivity contribution >= 4 is 51.1 Å². The van der Waals surface area contributed by atoms with Crippen molar-refractivity contribution < 1.29 is 14.1 Å². The number of carbonyl (C=O) groups excluding carboxylic acids is 1. The minimum absolute atomic E-state index is 0.0193. The number of amidine groups is 1. The van der Waals surface area contributed by atoms with Gasteiger partial charge < -0.3 is 4.42 Å². The number of nitro benzene ring substituents is 1. The zero-order chi connectivity index (χ0) is 23.7. The van der Waals surface area contributed by atoms with E-state index in [-0.39, 0.29) is 17.6 Å². The second-order valence-corrected chi connectivity index (χ2v) is 10.3. The zero-order valence-electron chi connectivity index (χ0n) is 18.3. The maximum Gasteiger partial charge on any atom is 0.269 e. The van der Waals surface area contributed by atoms with Gasteiger partial charge in [-0.3, -0.25) is 19.8 Å². The van der Waals surface area contributed by atoms with Crippen LogP contribution in [0.1, 0.15) is 42.9 Å². The van der Waals surface area contributed by atoms with Gasteiger partial charge in [0.2, 0.25) is 5.13 Å². The molecular weight excluding hydrogens is 474 g/mol. The standard InChI is InChI=1S/C23H21N5O4S2/c1-14-25-26-22(33-14)24-23-27(16-5-3-2-4-6-16)21(29)20(34-23)13-18-11-12-19(32-18)15-7-9-17(10-8-15)28(30)31/h7-13,16H,2-6H2,1H3/b20-13+,24-23+. The van der Waals surface area contributed by atoms with E-state index >= 15 is 0 Å². The molecule has 34 heavy (non-hydrogen) atoms. The maximum atomic E-state index is 13.4. The van der Waals surface area contributed by atoms with Gasteiger partial charge >= 0.3 is 0 Å². The van der Waals surface area contributed by atoms with Crippen LogP contribution in [-0.2, 0) is 4.79 Å². The van der Waals surface area contributed by atoms with E-state index in [9.17, 15) is 14.9 Å². The number of hydrogen-bond acceptors (Lipinski definition) is 9. The van der Waals surface area contributed by atoms with Gasteiger partial charge in [0, 0.05) is 29.8 Å². The molecule has 3 heterocycles. The molecule has 0 N–H and O–H groups in total. The van der Waals surface area contributed by atoms with Crippen molar-refractivity contribution in [3.05, 3.63) is 62.2 Å². The van der Waals surface area contributed by atoms with Crippen molar-refractivity contribution in [2.24, 2.45) is 4.99 Å². The Balaban J connectivity index is 1.43. The van der Waals surface area contributed by atoms with Crippen LogP contribution in [0.15, 0.2) is 50.7 Å². The maximum absolute atomic E-state index is 13.4. The van der Waals surface area contributed by atoms with Gasteiger partial charge in [-0.05, 0) is 55.8 Å². The summed E-state index contributed by atoms with van der Waals surface area (Å²) in [5.41, 5.74) is 0.740. The summed E-state index contributed by atoms with van der Waals surface area (Å²) in [6, 6.07) is 9.85. The molecule has 1 saturated heterocycles. The van der Waals surface area contributed by atoms with Gasteiger partial charge in [-0.1, -0.05) is 30.6 Å². The van der Waals surface area contributed by atoms with E-state index in [1.54, 1.807) is 30.3 Å². The number of benzene rings is 1. The molecule has 0 atom stereocenters. The summed E-state index contributed by atoms with van der Waals surface area (Å²) < 4.78 is 5.93. The summed E-state index contributed by atoms with van der Waals surface area (Å²) in [5, 5.41) is 21.0. The van der Waals surface area contributed by atoms with Crippen LogP contribution >= 0.6 is 23.1 Å². The molecule has 2 aliphatic rings. The van der Waals surface area contributed by atoms with Crippen molar-refractivity contribution in [3.8, 4) is 11.3 Å². The highest BCUT2D eigenvalue weighted by molar-refractivity contribution is 8.18. The van der Waals surface area contributed by atoms with Crippen molar-refractivity contribution in [2.75, 3.05) is 0 Å². The van der Waals surface area contributed by atoms with Crippen molar-refractivity contribution in [2.45, 2.75) is 45.1 Å². The fourth-order valence-electron chi connectivity index (χ4n) is 4.10.